The van der Waals surface area contributed by atoms with Gasteiger partial charge in [0.05, 0.1) is 25.4 Å². The molecule has 9 nitrogen and oxygen atoms in total. The van der Waals surface area contributed by atoms with Crippen molar-refractivity contribution in [2.45, 2.75) is 288 Å². The van der Waals surface area contributed by atoms with Crippen molar-refractivity contribution in [1.29, 1.82) is 0 Å². The molecule has 9 heteroatoms. The normalized spacial score (nSPS) is 20.7. The Balaban J connectivity index is 2.29. The monoisotopic (exact) mass is 840 g/mol. The molecule has 7 atom stereocenters. The fourth-order valence-electron chi connectivity index (χ4n) is 8.28. The second-order valence-electron chi connectivity index (χ2n) is 18.0. The number of ether oxygens (including phenoxy) is 2. The molecule has 59 heavy (non-hydrogen) atoms. The van der Waals surface area contributed by atoms with E-state index in [0.29, 0.717) is 6.42 Å². The van der Waals surface area contributed by atoms with Crippen molar-refractivity contribution >= 4 is 5.91 Å². The maximum Gasteiger partial charge on any atom is 0.220 e. The molecule has 1 rings (SSSR count). The number of allylic oxidation sites excluding steroid dienone is 1. The SMILES string of the molecule is CCCCCCCCCCCCCCCCC/C=C/[C@@H](O)[C@H](CO[C@H]1O[C@@H](CO)[C@H](O)C(O)C1O)NC(=O)CCCCCCCCCCCCCCCCCCCCC. The second-order valence-corrected chi connectivity index (χ2v) is 18.0. The number of aliphatic hydroxyl groups excluding tert-OH is 5. The summed E-state index contributed by atoms with van der Waals surface area (Å²) in [5.74, 6) is -0.172. The first-order valence-electron chi connectivity index (χ1n) is 25.4. The zero-order valence-electron chi connectivity index (χ0n) is 38.5. The summed E-state index contributed by atoms with van der Waals surface area (Å²) in [5, 5.41) is 54.3. The van der Waals surface area contributed by atoms with E-state index in [9.17, 15) is 30.3 Å². The average molecular weight is 840 g/mol. The lowest BCUT2D eigenvalue weighted by molar-refractivity contribution is -0.302. The van der Waals surface area contributed by atoms with Crippen molar-refractivity contribution < 1.29 is 39.8 Å². The van der Waals surface area contributed by atoms with Gasteiger partial charge in [0.25, 0.3) is 0 Å². The Bertz CT molecular complexity index is 935. The molecule has 0 aromatic rings. The average Bonchev–Trinajstić information content (AvgIpc) is 3.23. The van der Waals surface area contributed by atoms with Crippen LogP contribution in [0.25, 0.3) is 0 Å². The Morgan fingerprint density at radius 2 is 0.932 bits per heavy atom. The molecule has 2 unspecified atom stereocenters. The molecule has 1 amide bonds. The van der Waals surface area contributed by atoms with Crippen molar-refractivity contribution in [3.05, 3.63) is 12.2 Å². The van der Waals surface area contributed by atoms with E-state index in [1.54, 1.807) is 6.08 Å². The predicted molar refractivity (Wildman–Crippen MR) is 244 cm³/mol. The van der Waals surface area contributed by atoms with E-state index in [1.165, 1.54) is 186 Å². The Labute approximate surface area is 363 Å². The summed E-state index contributed by atoms with van der Waals surface area (Å²) in [5.41, 5.74) is 0. The number of carbonyl (C=O) groups excluding carboxylic acids is 1. The van der Waals surface area contributed by atoms with E-state index in [-0.39, 0.29) is 12.5 Å². The number of nitrogens with one attached hydrogen (secondary N) is 1. The fraction of sp³-hybridized carbons (Fsp3) is 0.940. The van der Waals surface area contributed by atoms with Gasteiger partial charge < -0.3 is 40.3 Å². The zero-order chi connectivity index (χ0) is 43.0. The van der Waals surface area contributed by atoms with Gasteiger partial charge in [-0.1, -0.05) is 231 Å². The highest BCUT2D eigenvalue weighted by atomic mass is 16.7. The van der Waals surface area contributed by atoms with Crippen molar-refractivity contribution in [2.75, 3.05) is 13.2 Å². The Morgan fingerprint density at radius 1 is 0.559 bits per heavy atom. The van der Waals surface area contributed by atoms with Crippen LogP contribution in [0.4, 0.5) is 0 Å². The molecule has 6 N–H and O–H groups in total. The van der Waals surface area contributed by atoms with Gasteiger partial charge >= 0.3 is 0 Å². The lowest BCUT2D eigenvalue weighted by Crippen LogP contribution is -2.60. The van der Waals surface area contributed by atoms with E-state index in [0.717, 1.165) is 38.5 Å². The van der Waals surface area contributed by atoms with Crippen LogP contribution in [0.3, 0.4) is 0 Å². The second kappa shape index (κ2) is 41.0. The van der Waals surface area contributed by atoms with Crippen LogP contribution in [-0.4, -0.2) is 87.5 Å². The van der Waals surface area contributed by atoms with Crippen LogP contribution < -0.4 is 5.32 Å². The molecule has 0 aromatic carbocycles. The van der Waals surface area contributed by atoms with Gasteiger partial charge in [-0.3, -0.25) is 4.79 Å². The maximum absolute atomic E-state index is 13.0. The molecule has 0 saturated carbocycles. The minimum Gasteiger partial charge on any atom is -0.394 e. The van der Waals surface area contributed by atoms with E-state index in [1.807, 2.05) is 6.08 Å². The van der Waals surface area contributed by atoms with Gasteiger partial charge in [0.1, 0.15) is 24.4 Å². The van der Waals surface area contributed by atoms with Crippen LogP contribution in [0.15, 0.2) is 12.2 Å². The van der Waals surface area contributed by atoms with E-state index in [4.69, 9.17) is 9.47 Å². The summed E-state index contributed by atoms with van der Waals surface area (Å²) in [6.45, 7) is 3.80. The third kappa shape index (κ3) is 31.4. The largest absolute Gasteiger partial charge is 0.394 e. The number of unbranched alkanes of at least 4 members (excludes halogenated alkanes) is 33. The van der Waals surface area contributed by atoms with E-state index in [2.05, 4.69) is 19.2 Å². The third-order valence-corrected chi connectivity index (χ3v) is 12.4. The first kappa shape index (κ1) is 55.9. The van der Waals surface area contributed by atoms with Crippen LogP contribution in [0.5, 0.6) is 0 Å². The zero-order valence-corrected chi connectivity index (χ0v) is 38.5. The summed E-state index contributed by atoms with van der Waals surface area (Å²) in [4.78, 5) is 13.0. The van der Waals surface area contributed by atoms with Crippen LogP contribution in [0.2, 0.25) is 0 Å². The van der Waals surface area contributed by atoms with Crippen molar-refractivity contribution in [2.24, 2.45) is 0 Å². The molecule has 1 aliphatic rings. The highest BCUT2D eigenvalue weighted by molar-refractivity contribution is 5.76. The van der Waals surface area contributed by atoms with Crippen LogP contribution in [0.1, 0.15) is 245 Å². The van der Waals surface area contributed by atoms with Crippen molar-refractivity contribution in [1.82, 2.24) is 5.32 Å². The Hall–Kier alpha value is -1.07. The summed E-state index contributed by atoms with van der Waals surface area (Å²) in [6.07, 6.45) is 41.1. The Kier molecular flexibility index (Phi) is 38.9. The first-order valence-corrected chi connectivity index (χ1v) is 25.4. The molecule has 1 fully saturated rings. The standard InChI is InChI=1S/C50H97NO8/c1-3-5-7-9-11-13-15-17-19-21-22-24-26-28-30-32-34-36-38-40-46(54)51-43(42-58-50-49(57)48(56)47(55)45(41-52)59-50)44(53)39-37-35-33-31-29-27-25-23-20-18-16-14-12-10-8-6-4-2/h37,39,43-45,47-50,52-53,55-57H,3-36,38,40-42H2,1-2H3,(H,51,54)/b39-37+/t43-,44+,45-,47-,48?,49?,50-/m0/s1. The fourth-order valence-corrected chi connectivity index (χ4v) is 8.28. The quantitative estimate of drug-likeness (QED) is 0.0263. The Morgan fingerprint density at radius 3 is 1.32 bits per heavy atom. The summed E-state index contributed by atoms with van der Waals surface area (Å²) in [6, 6.07) is -0.799. The van der Waals surface area contributed by atoms with Crippen LogP contribution in [0, 0.1) is 0 Å². The van der Waals surface area contributed by atoms with Gasteiger partial charge in [-0.05, 0) is 19.3 Å². The predicted octanol–water partition coefficient (Wildman–Crippen LogP) is 11.3. The minimum atomic E-state index is -1.56. The molecule has 1 saturated heterocycles. The molecule has 0 spiro atoms. The highest BCUT2D eigenvalue weighted by Crippen LogP contribution is 2.23. The minimum absolute atomic E-state index is 0.172. The van der Waals surface area contributed by atoms with Gasteiger partial charge in [-0.2, -0.15) is 0 Å². The number of carbonyl (C=O) groups is 1. The molecule has 350 valence electrons. The van der Waals surface area contributed by atoms with Gasteiger partial charge in [0, 0.05) is 6.42 Å². The van der Waals surface area contributed by atoms with Gasteiger partial charge in [0.15, 0.2) is 6.29 Å². The van der Waals surface area contributed by atoms with Gasteiger partial charge in [-0.25, -0.2) is 0 Å². The van der Waals surface area contributed by atoms with E-state index < -0.39 is 49.5 Å². The third-order valence-electron chi connectivity index (χ3n) is 12.4. The molecule has 0 radical (unpaired) electrons. The van der Waals surface area contributed by atoms with Crippen LogP contribution >= 0.6 is 0 Å². The lowest BCUT2D eigenvalue weighted by Gasteiger charge is -2.40. The van der Waals surface area contributed by atoms with Gasteiger partial charge in [-0.15, -0.1) is 0 Å². The van der Waals surface area contributed by atoms with Crippen molar-refractivity contribution in [3.63, 3.8) is 0 Å². The number of hydrogen-bond donors (Lipinski definition) is 6. The van der Waals surface area contributed by atoms with E-state index >= 15 is 0 Å². The molecule has 1 heterocycles. The maximum atomic E-state index is 13.0. The van der Waals surface area contributed by atoms with Crippen molar-refractivity contribution in [3.8, 4) is 0 Å². The molecule has 0 aliphatic carbocycles. The smallest absolute Gasteiger partial charge is 0.220 e. The summed E-state index contributed by atoms with van der Waals surface area (Å²) in [7, 11) is 0. The summed E-state index contributed by atoms with van der Waals surface area (Å²) < 4.78 is 11.2. The molecule has 1 aliphatic heterocycles. The molecular formula is C50H97NO8. The highest BCUT2D eigenvalue weighted by Gasteiger charge is 2.44. The number of aliphatic hydroxyl groups is 5. The lowest BCUT2D eigenvalue weighted by atomic mass is 9.99. The number of rotatable bonds is 43. The number of hydrogen-bond acceptors (Lipinski definition) is 8. The van der Waals surface area contributed by atoms with Crippen LogP contribution in [-0.2, 0) is 14.3 Å². The number of amides is 1. The summed E-state index contributed by atoms with van der Waals surface area (Å²) >= 11 is 0. The topological polar surface area (TPSA) is 149 Å². The molecule has 0 aromatic heterocycles. The first-order chi connectivity index (χ1) is 28.8. The van der Waals surface area contributed by atoms with Gasteiger partial charge in [0.2, 0.25) is 5.91 Å². The molecular weight excluding hydrogens is 743 g/mol. The molecule has 0 bridgehead atoms.